The van der Waals surface area contributed by atoms with Crippen molar-refractivity contribution in [2.45, 2.75) is 31.4 Å². The Bertz CT molecular complexity index is 741. The standard InChI is InChI=1S/C17H22N4O2/c1-20-9-11(23-2)8-15(20)17(22)21-7-3-4-12-14(21)6-5-13-16(12)19-10-18-13/h5-6,10-11,15H,3-4,7-9H2,1-2H3,(H,18,19)/t11-,15-/m0/s1. The maximum absolute atomic E-state index is 13.1. The van der Waals surface area contributed by atoms with E-state index < -0.39 is 0 Å². The minimum atomic E-state index is -0.0965. The van der Waals surface area contributed by atoms with E-state index in [9.17, 15) is 4.79 Å². The molecule has 0 unspecified atom stereocenters. The Morgan fingerprint density at radius 3 is 3.09 bits per heavy atom. The Labute approximate surface area is 135 Å². The van der Waals surface area contributed by atoms with Crippen LogP contribution in [0.2, 0.25) is 0 Å². The highest BCUT2D eigenvalue weighted by molar-refractivity contribution is 6.00. The van der Waals surface area contributed by atoms with Gasteiger partial charge in [0.2, 0.25) is 5.91 Å². The molecule has 2 aliphatic heterocycles. The number of nitrogens with one attached hydrogen (secondary N) is 1. The maximum atomic E-state index is 13.1. The van der Waals surface area contributed by atoms with Gasteiger partial charge in [-0.25, -0.2) is 4.98 Å². The molecule has 122 valence electrons. The summed E-state index contributed by atoms with van der Waals surface area (Å²) in [6, 6.07) is 3.97. The third-order valence-corrected chi connectivity index (χ3v) is 5.17. The van der Waals surface area contributed by atoms with Crippen molar-refractivity contribution in [1.82, 2.24) is 14.9 Å². The first kappa shape index (κ1) is 14.7. The SMILES string of the molecule is CO[C@H]1C[C@@H](C(=O)N2CCCc3c2ccc2[nH]cnc32)N(C)C1. The van der Waals surface area contributed by atoms with E-state index in [1.165, 1.54) is 5.56 Å². The lowest BCUT2D eigenvalue weighted by atomic mass is 9.99. The van der Waals surface area contributed by atoms with Crippen LogP contribution in [0.3, 0.4) is 0 Å². The smallest absolute Gasteiger partial charge is 0.244 e. The number of hydrogen-bond acceptors (Lipinski definition) is 4. The number of amides is 1. The van der Waals surface area contributed by atoms with E-state index in [2.05, 4.69) is 20.9 Å². The highest BCUT2D eigenvalue weighted by Crippen LogP contribution is 2.33. The molecule has 1 aromatic carbocycles. The lowest BCUT2D eigenvalue weighted by molar-refractivity contribution is -0.122. The van der Waals surface area contributed by atoms with E-state index in [0.29, 0.717) is 0 Å². The highest BCUT2D eigenvalue weighted by Gasteiger charge is 2.38. The first-order valence-corrected chi connectivity index (χ1v) is 8.18. The van der Waals surface area contributed by atoms with E-state index in [-0.39, 0.29) is 18.1 Å². The highest BCUT2D eigenvalue weighted by atomic mass is 16.5. The Morgan fingerprint density at radius 2 is 2.30 bits per heavy atom. The van der Waals surface area contributed by atoms with Crippen LogP contribution < -0.4 is 4.90 Å². The van der Waals surface area contributed by atoms with Gasteiger partial charge in [0.15, 0.2) is 0 Å². The van der Waals surface area contributed by atoms with Crippen molar-refractivity contribution in [2.24, 2.45) is 0 Å². The number of carbonyl (C=O) groups excluding carboxylic acids is 1. The Balaban J connectivity index is 1.67. The van der Waals surface area contributed by atoms with E-state index in [1.54, 1.807) is 13.4 Å². The number of nitrogens with zero attached hydrogens (tertiary/aromatic N) is 3. The first-order valence-electron chi connectivity index (χ1n) is 8.18. The lowest BCUT2D eigenvalue weighted by Gasteiger charge is -2.33. The zero-order chi connectivity index (χ0) is 16.0. The molecular formula is C17H22N4O2. The van der Waals surface area contributed by atoms with Crippen LogP contribution in [0.1, 0.15) is 18.4 Å². The van der Waals surface area contributed by atoms with Crippen molar-refractivity contribution >= 4 is 22.6 Å². The maximum Gasteiger partial charge on any atom is 0.244 e. The van der Waals surface area contributed by atoms with Crippen LogP contribution in [0.15, 0.2) is 18.5 Å². The van der Waals surface area contributed by atoms with Gasteiger partial charge in [-0.15, -0.1) is 0 Å². The van der Waals surface area contributed by atoms with E-state index in [0.717, 1.165) is 49.1 Å². The number of H-pyrrole nitrogens is 1. The molecular weight excluding hydrogens is 292 g/mol. The minimum Gasteiger partial charge on any atom is -0.380 e. The monoisotopic (exact) mass is 314 g/mol. The number of fused-ring (bicyclic) bond motifs is 3. The molecule has 1 amide bonds. The minimum absolute atomic E-state index is 0.0965. The molecule has 2 aromatic rings. The van der Waals surface area contributed by atoms with Crippen LogP contribution in [0.4, 0.5) is 5.69 Å². The van der Waals surface area contributed by atoms with Crippen molar-refractivity contribution in [3.8, 4) is 0 Å². The van der Waals surface area contributed by atoms with Crippen LogP contribution in [0, 0.1) is 0 Å². The molecule has 3 heterocycles. The summed E-state index contributed by atoms with van der Waals surface area (Å²) in [5, 5.41) is 0. The predicted molar refractivity (Wildman–Crippen MR) is 88.6 cm³/mol. The quantitative estimate of drug-likeness (QED) is 0.914. The number of rotatable bonds is 2. The van der Waals surface area contributed by atoms with Gasteiger partial charge >= 0.3 is 0 Å². The molecule has 0 aliphatic carbocycles. The van der Waals surface area contributed by atoms with Crippen LogP contribution in [-0.2, 0) is 16.0 Å². The molecule has 0 radical (unpaired) electrons. The van der Waals surface area contributed by atoms with Crippen molar-refractivity contribution in [3.05, 3.63) is 24.0 Å². The van der Waals surface area contributed by atoms with E-state index in [4.69, 9.17) is 4.74 Å². The zero-order valence-electron chi connectivity index (χ0n) is 13.6. The summed E-state index contributed by atoms with van der Waals surface area (Å²) in [5.41, 5.74) is 4.24. The fourth-order valence-electron chi connectivity index (χ4n) is 3.91. The van der Waals surface area contributed by atoms with Gasteiger partial charge in [-0.05, 0) is 38.4 Å². The molecule has 6 nitrogen and oxygen atoms in total. The molecule has 1 aromatic heterocycles. The number of likely N-dealkylation sites (N-methyl/N-ethyl adjacent to an activating group) is 1. The number of anilines is 1. The van der Waals surface area contributed by atoms with Crippen molar-refractivity contribution in [2.75, 3.05) is 32.1 Å². The first-order chi connectivity index (χ1) is 11.2. The third-order valence-electron chi connectivity index (χ3n) is 5.17. The number of aryl methyl sites for hydroxylation is 1. The van der Waals surface area contributed by atoms with Crippen LogP contribution >= 0.6 is 0 Å². The van der Waals surface area contributed by atoms with Crippen molar-refractivity contribution in [1.29, 1.82) is 0 Å². The number of carbonyl (C=O) groups is 1. The average Bonchev–Trinajstić information content (AvgIpc) is 3.19. The molecule has 23 heavy (non-hydrogen) atoms. The summed E-state index contributed by atoms with van der Waals surface area (Å²) < 4.78 is 5.44. The fourth-order valence-corrected chi connectivity index (χ4v) is 3.91. The Morgan fingerprint density at radius 1 is 1.43 bits per heavy atom. The number of aromatic nitrogens is 2. The second kappa shape index (κ2) is 5.62. The second-order valence-electron chi connectivity index (χ2n) is 6.50. The molecule has 2 atom stereocenters. The van der Waals surface area contributed by atoms with Gasteiger partial charge in [0.25, 0.3) is 0 Å². The van der Waals surface area contributed by atoms with Crippen LogP contribution in [-0.4, -0.2) is 60.2 Å². The van der Waals surface area contributed by atoms with Gasteiger partial charge in [0, 0.05) is 31.5 Å². The van der Waals surface area contributed by atoms with Gasteiger partial charge < -0.3 is 14.6 Å². The molecule has 6 heteroatoms. The Hall–Kier alpha value is -1.92. The molecule has 0 bridgehead atoms. The molecule has 1 fully saturated rings. The number of imidazole rings is 1. The summed E-state index contributed by atoms with van der Waals surface area (Å²) in [5.74, 6) is 0.183. The van der Waals surface area contributed by atoms with Gasteiger partial charge in [-0.2, -0.15) is 0 Å². The fraction of sp³-hybridized carbons (Fsp3) is 0.529. The summed E-state index contributed by atoms with van der Waals surface area (Å²) in [6.45, 7) is 1.59. The van der Waals surface area contributed by atoms with Crippen LogP contribution in [0.25, 0.3) is 11.0 Å². The number of ether oxygens (including phenoxy) is 1. The summed E-state index contributed by atoms with van der Waals surface area (Å²) >= 11 is 0. The summed E-state index contributed by atoms with van der Waals surface area (Å²) in [6.07, 6.45) is 4.59. The van der Waals surface area contributed by atoms with Gasteiger partial charge in [0.1, 0.15) is 0 Å². The number of methoxy groups -OCH3 is 1. The molecule has 0 spiro atoms. The lowest BCUT2D eigenvalue weighted by Crippen LogP contribution is -2.46. The van der Waals surface area contributed by atoms with Crippen molar-refractivity contribution in [3.63, 3.8) is 0 Å². The van der Waals surface area contributed by atoms with E-state index in [1.807, 2.05) is 18.0 Å². The normalized spacial score (nSPS) is 25.0. The third kappa shape index (κ3) is 2.33. The Kier molecular flexibility index (Phi) is 3.58. The predicted octanol–water partition coefficient (Wildman–Crippen LogP) is 1.56. The summed E-state index contributed by atoms with van der Waals surface area (Å²) in [7, 11) is 3.72. The van der Waals surface area contributed by atoms with E-state index >= 15 is 0 Å². The molecule has 2 aliphatic rings. The molecule has 0 saturated carbocycles. The largest absolute Gasteiger partial charge is 0.380 e. The number of hydrogen-bond donors (Lipinski definition) is 1. The molecule has 4 rings (SSSR count). The number of benzene rings is 1. The second-order valence-corrected chi connectivity index (χ2v) is 6.50. The summed E-state index contributed by atoms with van der Waals surface area (Å²) in [4.78, 5) is 24.8. The van der Waals surface area contributed by atoms with Gasteiger partial charge in [-0.1, -0.05) is 0 Å². The number of likely N-dealkylation sites (tertiary alicyclic amines) is 1. The van der Waals surface area contributed by atoms with Gasteiger partial charge in [-0.3, -0.25) is 9.69 Å². The molecule has 1 saturated heterocycles. The van der Waals surface area contributed by atoms with Gasteiger partial charge in [0.05, 0.1) is 29.5 Å². The number of aromatic amines is 1. The van der Waals surface area contributed by atoms with Crippen molar-refractivity contribution < 1.29 is 9.53 Å². The average molecular weight is 314 g/mol. The van der Waals surface area contributed by atoms with Crippen LogP contribution in [0.5, 0.6) is 0 Å². The zero-order valence-corrected chi connectivity index (χ0v) is 13.6. The topological polar surface area (TPSA) is 61.5 Å². The molecule has 1 N–H and O–H groups in total.